The minimum absolute atomic E-state index is 0.305. The van der Waals surface area contributed by atoms with E-state index in [2.05, 4.69) is 15.4 Å². The summed E-state index contributed by atoms with van der Waals surface area (Å²) in [5, 5.41) is 6.07. The average Bonchev–Trinajstić information content (AvgIpc) is 2.75. The number of amides is 1. The molecule has 5 nitrogen and oxygen atoms in total. The number of benzene rings is 1. The van der Waals surface area contributed by atoms with Gasteiger partial charge in [-0.15, -0.1) is 0 Å². The maximum absolute atomic E-state index is 11.1. The van der Waals surface area contributed by atoms with Crippen LogP contribution in [0.25, 0.3) is 0 Å². The number of ether oxygens (including phenoxy) is 1. The fraction of sp³-hybridized carbons (Fsp3) is 0.462. The molecule has 1 aliphatic rings. The van der Waals surface area contributed by atoms with Gasteiger partial charge in [0.25, 0.3) is 0 Å². The second-order valence-electron chi connectivity index (χ2n) is 4.61. The molecule has 18 heavy (non-hydrogen) atoms. The smallest absolute Gasteiger partial charge is 0.411 e. The second kappa shape index (κ2) is 5.73. The number of nitrogens with two attached hydrogens (primary N) is 1. The minimum Gasteiger partial charge on any atom is -0.453 e. The van der Waals surface area contributed by atoms with Crippen molar-refractivity contribution in [3.63, 3.8) is 0 Å². The molecule has 0 heterocycles. The zero-order valence-electron chi connectivity index (χ0n) is 10.5. The normalized spacial score (nSPS) is 22.6. The first kappa shape index (κ1) is 12.7. The van der Waals surface area contributed by atoms with Crippen molar-refractivity contribution in [3.05, 3.63) is 24.3 Å². The molecule has 0 bridgehead atoms. The van der Waals surface area contributed by atoms with Crippen molar-refractivity contribution in [2.45, 2.75) is 31.3 Å². The van der Waals surface area contributed by atoms with Crippen molar-refractivity contribution >= 4 is 17.5 Å². The van der Waals surface area contributed by atoms with Crippen LogP contribution in [0.3, 0.4) is 0 Å². The predicted octanol–water partition coefficient (Wildman–Crippen LogP) is 2.16. The van der Waals surface area contributed by atoms with E-state index in [4.69, 9.17) is 5.73 Å². The second-order valence-corrected chi connectivity index (χ2v) is 4.61. The van der Waals surface area contributed by atoms with E-state index in [0.29, 0.717) is 17.8 Å². The topological polar surface area (TPSA) is 76.4 Å². The highest BCUT2D eigenvalue weighted by molar-refractivity contribution is 5.85. The lowest BCUT2D eigenvalue weighted by atomic mass is 10.2. The summed E-state index contributed by atoms with van der Waals surface area (Å²) in [4.78, 5) is 11.1. The van der Waals surface area contributed by atoms with Crippen molar-refractivity contribution in [2.24, 2.45) is 5.73 Å². The summed E-state index contributed by atoms with van der Waals surface area (Å²) >= 11 is 0. The summed E-state index contributed by atoms with van der Waals surface area (Å²) in [6.07, 6.45) is 2.69. The number of carbonyl (C=O) groups excluding carboxylic acids is 1. The summed E-state index contributed by atoms with van der Waals surface area (Å²) < 4.78 is 4.55. The summed E-state index contributed by atoms with van der Waals surface area (Å²) in [7, 11) is 1.34. The van der Waals surface area contributed by atoms with Crippen molar-refractivity contribution < 1.29 is 9.53 Å². The third kappa shape index (κ3) is 3.37. The maximum Gasteiger partial charge on any atom is 0.411 e. The summed E-state index contributed by atoms with van der Waals surface area (Å²) in [5.41, 5.74) is 7.58. The van der Waals surface area contributed by atoms with Gasteiger partial charge in [-0.2, -0.15) is 0 Å². The van der Waals surface area contributed by atoms with E-state index in [1.54, 1.807) is 0 Å². The zero-order chi connectivity index (χ0) is 13.0. The molecule has 2 rings (SSSR count). The number of methoxy groups -OCH3 is 1. The van der Waals surface area contributed by atoms with Crippen LogP contribution in [0.1, 0.15) is 19.3 Å². The van der Waals surface area contributed by atoms with E-state index in [1.807, 2.05) is 24.3 Å². The Labute approximate surface area is 107 Å². The summed E-state index contributed by atoms with van der Waals surface area (Å²) in [5.74, 6) is 0. The monoisotopic (exact) mass is 249 g/mol. The number of rotatable bonds is 3. The van der Waals surface area contributed by atoms with Gasteiger partial charge in [-0.05, 0) is 37.5 Å². The fourth-order valence-corrected chi connectivity index (χ4v) is 2.24. The van der Waals surface area contributed by atoms with Crippen LogP contribution >= 0.6 is 0 Å². The zero-order valence-corrected chi connectivity index (χ0v) is 10.5. The molecule has 0 saturated heterocycles. The molecule has 1 aromatic carbocycles. The molecule has 5 heteroatoms. The quantitative estimate of drug-likeness (QED) is 0.767. The van der Waals surface area contributed by atoms with E-state index in [0.717, 1.165) is 24.9 Å². The van der Waals surface area contributed by atoms with Gasteiger partial charge < -0.3 is 15.8 Å². The number of anilines is 2. The first-order chi connectivity index (χ1) is 8.67. The van der Waals surface area contributed by atoms with Gasteiger partial charge in [0.05, 0.1) is 7.11 Å². The van der Waals surface area contributed by atoms with E-state index < -0.39 is 6.09 Å². The lowest BCUT2D eigenvalue weighted by Gasteiger charge is -2.14. The fourth-order valence-electron chi connectivity index (χ4n) is 2.24. The summed E-state index contributed by atoms with van der Waals surface area (Å²) in [6, 6.07) is 8.31. The Morgan fingerprint density at radius 3 is 2.83 bits per heavy atom. The first-order valence-corrected chi connectivity index (χ1v) is 6.14. The molecule has 0 aromatic heterocycles. The van der Waals surface area contributed by atoms with Crippen LogP contribution in [-0.4, -0.2) is 25.3 Å². The van der Waals surface area contributed by atoms with Crippen LogP contribution in [0.15, 0.2) is 24.3 Å². The highest BCUT2D eigenvalue weighted by atomic mass is 16.5. The molecule has 1 aliphatic carbocycles. The van der Waals surface area contributed by atoms with Gasteiger partial charge in [0.15, 0.2) is 0 Å². The number of hydrogen-bond acceptors (Lipinski definition) is 4. The molecule has 1 amide bonds. The predicted molar refractivity (Wildman–Crippen MR) is 71.7 cm³/mol. The van der Waals surface area contributed by atoms with Crippen molar-refractivity contribution in [1.82, 2.24) is 0 Å². The Kier molecular flexibility index (Phi) is 4.04. The van der Waals surface area contributed by atoms with Gasteiger partial charge in [-0.25, -0.2) is 4.79 Å². The Hall–Kier alpha value is -1.75. The Morgan fingerprint density at radius 1 is 1.39 bits per heavy atom. The van der Waals surface area contributed by atoms with Gasteiger partial charge in [0, 0.05) is 23.5 Å². The van der Waals surface area contributed by atoms with Crippen molar-refractivity contribution in [3.8, 4) is 0 Å². The van der Waals surface area contributed by atoms with E-state index in [-0.39, 0.29) is 0 Å². The molecular weight excluding hydrogens is 230 g/mol. The van der Waals surface area contributed by atoms with Gasteiger partial charge in [0.1, 0.15) is 0 Å². The van der Waals surface area contributed by atoms with Gasteiger partial charge in [0.2, 0.25) is 0 Å². The number of hydrogen-bond donors (Lipinski definition) is 3. The highest BCUT2D eigenvalue weighted by Crippen LogP contribution is 2.23. The van der Waals surface area contributed by atoms with Crippen LogP contribution in [-0.2, 0) is 4.74 Å². The number of carbonyl (C=O) groups is 1. The summed E-state index contributed by atoms with van der Waals surface area (Å²) in [6.45, 7) is 0. The first-order valence-electron chi connectivity index (χ1n) is 6.14. The van der Waals surface area contributed by atoms with E-state index in [1.165, 1.54) is 7.11 Å². The van der Waals surface area contributed by atoms with Crippen LogP contribution in [0.4, 0.5) is 16.2 Å². The van der Waals surface area contributed by atoms with Crippen molar-refractivity contribution in [2.75, 3.05) is 17.7 Å². The Bertz CT molecular complexity index is 422. The maximum atomic E-state index is 11.1. The number of nitrogens with one attached hydrogen (secondary N) is 2. The molecule has 1 aromatic rings. The largest absolute Gasteiger partial charge is 0.453 e. The minimum atomic E-state index is -0.463. The van der Waals surface area contributed by atoms with Crippen molar-refractivity contribution in [1.29, 1.82) is 0 Å². The molecular formula is C13H19N3O2. The van der Waals surface area contributed by atoms with Gasteiger partial charge in [-0.1, -0.05) is 6.07 Å². The third-order valence-corrected chi connectivity index (χ3v) is 3.14. The van der Waals surface area contributed by atoms with Crippen LogP contribution < -0.4 is 16.4 Å². The van der Waals surface area contributed by atoms with E-state index >= 15 is 0 Å². The standard InChI is InChI=1S/C13H19N3O2/c1-18-13(17)16-11-4-2-3-10(8-11)15-12-6-5-9(14)7-12/h2-4,8-9,12,15H,5-7,14H2,1H3,(H,16,17). The van der Waals surface area contributed by atoms with Crippen LogP contribution in [0, 0.1) is 0 Å². The molecule has 0 aliphatic heterocycles. The molecule has 2 atom stereocenters. The molecule has 1 saturated carbocycles. The van der Waals surface area contributed by atoms with Crippen LogP contribution in [0.2, 0.25) is 0 Å². The lowest BCUT2D eigenvalue weighted by Crippen LogP contribution is -2.20. The molecule has 0 radical (unpaired) electrons. The SMILES string of the molecule is COC(=O)Nc1cccc(NC2CCC(N)C2)c1. The highest BCUT2D eigenvalue weighted by Gasteiger charge is 2.21. The van der Waals surface area contributed by atoms with Gasteiger partial charge in [-0.3, -0.25) is 5.32 Å². The lowest BCUT2D eigenvalue weighted by molar-refractivity contribution is 0.187. The molecule has 1 fully saturated rings. The van der Waals surface area contributed by atoms with Crippen LogP contribution in [0.5, 0.6) is 0 Å². The Morgan fingerprint density at radius 2 is 2.17 bits per heavy atom. The molecule has 4 N–H and O–H groups in total. The molecule has 98 valence electrons. The third-order valence-electron chi connectivity index (χ3n) is 3.14. The average molecular weight is 249 g/mol. The van der Waals surface area contributed by atoms with Gasteiger partial charge >= 0.3 is 6.09 Å². The molecule has 0 spiro atoms. The Balaban J connectivity index is 1.96. The van der Waals surface area contributed by atoms with E-state index in [9.17, 15) is 4.79 Å². The molecule has 2 unspecified atom stereocenters.